The molecule has 2 unspecified atom stereocenters. The van der Waals surface area contributed by atoms with Gasteiger partial charge in [-0.3, -0.25) is 0 Å². The van der Waals surface area contributed by atoms with Crippen molar-refractivity contribution < 1.29 is 8.42 Å². The maximum Gasteiger partial charge on any atom is 0.153 e. The van der Waals surface area contributed by atoms with Gasteiger partial charge in [0, 0.05) is 0 Å². The van der Waals surface area contributed by atoms with Crippen molar-refractivity contribution in [2.75, 3.05) is 5.75 Å². The fourth-order valence-corrected chi connectivity index (χ4v) is 3.83. The van der Waals surface area contributed by atoms with Crippen LogP contribution in [0.4, 0.5) is 0 Å². The van der Waals surface area contributed by atoms with Crippen LogP contribution in [-0.4, -0.2) is 19.4 Å². The van der Waals surface area contributed by atoms with Crippen LogP contribution < -0.4 is 0 Å². The van der Waals surface area contributed by atoms with E-state index in [9.17, 15) is 8.42 Å². The number of hydrogen-bond acceptors (Lipinski definition) is 2. The zero-order valence-electron chi connectivity index (χ0n) is 8.79. The Labute approximate surface area is 81.6 Å². The van der Waals surface area contributed by atoms with E-state index in [1.807, 2.05) is 0 Å². The third-order valence-corrected chi connectivity index (χ3v) is 5.54. The molecule has 2 atom stereocenters. The number of rotatable bonds is 3. The third kappa shape index (κ3) is 2.70. The van der Waals surface area contributed by atoms with Crippen LogP contribution in [-0.2, 0) is 9.84 Å². The zero-order chi connectivity index (χ0) is 10.1. The summed E-state index contributed by atoms with van der Waals surface area (Å²) in [7, 11) is -2.72. The summed E-state index contributed by atoms with van der Waals surface area (Å²) >= 11 is 0. The zero-order valence-corrected chi connectivity index (χ0v) is 9.60. The van der Waals surface area contributed by atoms with Gasteiger partial charge in [-0.25, -0.2) is 8.42 Å². The van der Waals surface area contributed by atoms with Crippen LogP contribution >= 0.6 is 0 Å². The van der Waals surface area contributed by atoms with E-state index >= 15 is 0 Å². The molecule has 0 radical (unpaired) electrons. The number of hydrogen-bond donors (Lipinski definition) is 0. The summed E-state index contributed by atoms with van der Waals surface area (Å²) in [5.74, 6) is 1.54. The Balaban J connectivity index is 2.55. The maximum absolute atomic E-state index is 11.5. The predicted molar refractivity (Wildman–Crippen MR) is 55.4 cm³/mol. The molecule has 1 rings (SSSR count). The average molecular weight is 204 g/mol. The van der Waals surface area contributed by atoms with Gasteiger partial charge in [0.05, 0.1) is 11.0 Å². The summed E-state index contributed by atoms with van der Waals surface area (Å²) < 4.78 is 23.0. The maximum atomic E-state index is 11.5. The molecule has 2 nitrogen and oxygen atoms in total. The van der Waals surface area contributed by atoms with Crippen LogP contribution in [0.5, 0.6) is 0 Å². The molecular weight excluding hydrogens is 184 g/mol. The Morgan fingerprint density at radius 1 is 1.31 bits per heavy atom. The molecule has 0 aromatic carbocycles. The summed E-state index contributed by atoms with van der Waals surface area (Å²) in [5, 5.41) is -0.0371. The second-order valence-corrected chi connectivity index (χ2v) is 6.99. The molecule has 1 saturated heterocycles. The van der Waals surface area contributed by atoms with Crippen molar-refractivity contribution in [3.8, 4) is 0 Å². The van der Waals surface area contributed by atoms with Crippen molar-refractivity contribution in [2.24, 2.45) is 11.8 Å². The lowest BCUT2D eigenvalue weighted by Crippen LogP contribution is -2.20. The molecule has 1 heterocycles. The molecular formula is C10H20O2S. The normalized spacial score (nSPS) is 29.4. The average Bonchev–Trinajstić information content (AvgIpc) is 2.30. The van der Waals surface area contributed by atoms with Crippen molar-refractivity contribution in [1.82, 2.24) is 0 Å². The highest BCUT2D eigenvalue weighted by atomic mass is 32.2. The standard InChI is InChI=1S/C10H20O2S/c1-8(2)9(3)7-10-5-4-6-13(10,11)12/h8-10H,4-7H2,1-3H3. The van der Waals surface area contributed by atoms with Gasteiger partial charge < -0.3 is 0 Å². The molecule has 0 spiro atoms. The molecule has 0 bridgehead atoms. The largest absolute Gasteiger partial charge is 0.229 e. The fourth-order valence-electron chi connectivity index (χ4n) is 1.81. The smallest absolute Gasteiger partial charge is 0.153 e. The molecule has 0 aliphatic carbocycles. The van der Waals surface area contributed by atoms with Crippen molar-refractivity contribution in [3.63, 3.8) is 0 Å². The summed E-state index contributed by atoms with van der Waals surface area (Å²) in [6, 6.07) is 0. The number of sulfone groups is 1. The van der Waals surface area contributed by atoms with Crippen LogP contribution in [0, 0.1) is 11.8 Å². The molecule has 78 valence electrons. The third-order valence-electron chi connectivity index (χ3n) is 3.24. The van der Waals surface area contributed by atoms with Gasteiger partial charge in [-0.05, 0) is 31.1 Å². The van der Waals surface area contributed by atoms with E-state index in [1.54, 1.807) is 0 Å². The van der Waals surface area contributed by atoms with Crippen molar-refractivity contribution in [3.05, 3.63) is 0 Å². The van der Waals surface area contributed by atoms with Crippen molar-refractivity contribution in [2.45, 2.75) is 45.3 Å². The Morgan fingerprint density at radius 2 is 1.92 bits per heavy atom. The van der Waals surface area contributed by atoms with E-state index in [2.05, 4.69) is 20.8 Å². The van der Waals surface area contributed by atoms with Gasteiger partial charge in [0.15, 0.2) is 9.84 Å². The van der Waals surface area contributed by atoms with E-state index in [4.69, 9.17) is 0 Å². The SMILES string of the molecule is CC(C)C(C)CC1CCCS1(=O)=O. The second kappa shape index (κ2) is 3.99. The fraction of sp³-hybridized carbons (Fsp3) is 1.00. The van der Waals surface area contributed by atoms with E-state index in [0.29, 0.717) is 17.6 Å². The van der Waals surface area contributed by atoms with Crippen LogP contribution in [0.3, 0.4) is 0 Å². The van der Waals surface area contributed by atoms with Gasteiger partial charge in [0.2, 0.25) is 0 Å². The van der Waals surface area contributed by atoms with Crippen LogP contribution in [0.2, 0.25) is 0 Å². The first-order valence-electron chi connectivity index (χ1n) is 5.15. The quantitative estimate of drug-likeness (QED) is 0.706. The van der Waals surface area contributed by atoms with Gasteiger partial charge in [0.1, 0.15) is 0 Å². The Kier molecular flexibility index (Phi) is 3.38. The topological polar surface area (TPSA) is 34.1 Å². The van der Waals surface area contributed by atoms with Crippen molar-refractivity contribution >= 4 is 9.84 Å². The lowest BCUT2D eigenvalue weighted by Gasteiger charge is -2.18. The molecule has 3 heteroatoms. The Bertz CT molecular complexity index is 254. The molecule has 0 N–H and O–H groups in total. The Hall–Kier alpha value is -0.0500. The minimum Gasteiger partial charge on any atom is -0.229 e. The lowest BCUT2D eigenvalue weighted by atomic mass is 9.92. The van der Waals surface area contributed by atoms with Crippen LogP contribution in [0.1, 0.15) is 40.0 Å². The molecule has 0 aromatic rings. The lowest BCUT2D eigenvalue weighted by molar-refractivity contribution is 0.381. The first-order chi connectivity index (χ1) is 5.93. The van der Waals surface area contributed by atoms with E-state index in [1.165, 1.54) is 0 Å². The van der Waals surface area contributed by atoms with Gasteiger partial charge in [-0.2, -0.15) is 0 Å². The minimum atomic E-state index is -2.72. The molecule has 0 amide bonds. The highest BCUT2D eigenvalue weighted by Crippen LogP contribution is 2.28. The first kappa shape index (κ1) is 11.0. The van der Waals surface area contributed by atoms with Crippen LogP contribution in [0.15, 0.2) is 0 Å². The second-order valence-electron chi connectivity index (χ2n) is 4.59. The summed E-state index contributed by atoms with van der Waals surface area (Å²) in [6.45, 7) is 6.47. The van der Waals surface area contributed by atoms with E-state index in [0.717, 1.165) is 19.3 Å². The van der Waals surface area contributed by atoms with Gasteiger partial charge in [-0.15, -0.1) is 0 Å². The molecule has 1 aliphatic heterocycles. The molecule has 0 aromatic heterocycles. The Morgan fingerprint density at radius 3 is 2.31 bits per heavy atom. The van der Waals surface area contributed by atoms with Gasteiger partial charge in [-0.1, -0.05) is 20.8 Å². The molecule has 1 aliphatic rings. The van der Waals surface area contributed by atoms with E-state index < -0.39 is 9.84 Å². The van der Waals surface area contributed by atoms with Crippen molar-refractivity contribution in [1.29, 1.82) is 0 Å². The minimum absolute atomic E-state index is 0.0371. The highest BCUT2D eigenvalue weighted by Gasteiger charge is 2.32. The van der Waals surface area contributed by atoms with E-state index in [-0.39, 0.29) is 5.25 Å². The predicted octanol–water partition coefficient (Wildman–Crippen LogP) is 2.25. The first-order valence-corrected chi connectivity index (χ1v) is 6.86. The molecule has 13 heavy (non-hydrogen) atoms. The summed E-state index contributed by atoms with van der Waals surface area (Å²) in [6.07, 6.45) is 2.62. The van der Waals surface area contributed by atoms with Gasteiger partial charge in [0.25, 0.3) is 0 Å². The molecule has 0 saturated carbocycles. The highest BCUT2D eigenvalue weighted by molar-refractivity contribution is 7.92. The summed E-state index contributed by atoms with van der Waals surface area (Å²) in [5.41, 5.74) is 0. The summed E-state index contributed by atoms with van der Waals surface area (Å²) in [4.78, 5) is 0. The molecule has 1 fully saturated rings. The monoisotopic (exact) mass is 204 g/mol. The van der Waals surface area contributed by atoms with Gasteiger partial charge >= 0.3 is 0 Å². The van der Waals surface area contributed by atoms with Crippen LogP contribution in [0.25, 0.3) is 0 Å².